The molecule has 1 amide bonds. The van der Waals surface area contributed by atoms with Crippen molar-refractivity contribution in [3.8, 4) is 5.75 Å². The van der Waals surface area contributed by atoms with Gasteiger partial charge >= 0.3 is 0 Å². The van der Waals surface area contributed by atoms with Crippen molar-refractivity contribution in [2.24, 2.45) is 0 Å². The topological polar surface area (TPSA) is 29.5 Å². The number of hydrogen-bond donors (Lipinski definition) is 0. The van der Waals surface area contributed by atoms with Gasteiger partial charge in [0.1, 0.15) is 5.75 Å². The second-order valence-corrected chi connectivity index (χ2v) is 6.68. The minimum atomic E-state index is 0.0768. The Hall–Kier alpha value is -0.680. The van der Waals surface area contributed by atoms with Crippen molar-refractivity contribution in [3.05, 3.63) is 28.2 Å². The van der Waals surface area contributed by atoms with Crippen molar-refractivity contribution < 1.29 is 9.53 Å². The zero-order valence-electron chi connectivity index (χ0n) is 10.5. The van der Waals surface area contributed by atoms with E-state index in [4.69, 9.17) is 4.74 Å². The molecule has 2 rings (SSSR count). The lowest BCUT2D eigenvalue weighted by molar-refractivity contribution is 0.0762. The second kappa shape index (κ2) is 5.97. The number of amides is 1. The molecular formula is C13H16BrNO2S. The molecule has 0 radical (unpaired) electrons. The summed E-state index contributed by atoms with van der Waals surface area (Å²) in [4.78, 5) is 14.4. The highest BCUT2D eigenvalue weighted by Gasteiger charge is 2.24. The van der Waals surface area contributed by atoms with Crippen LogP contribution in [0.3, 0.4) is 0 Å². The summed E-state index contributed by atoms with van der Waals surface area (Å²) in [7, 11) is 1.61. The lowest BCUT2D eigenvalue weighted by Gasteiger charge is -2.31. The van der Waals surface area contributed by atoms with Crippen LogP contribution >= 0.6 is 27.7 Å². The normalized spacial score (nSPS) is 19.7. The number of carbonyl (C=O) groups is 1. The van der Waals surface area contributed by atoms with E-state index in [1.807, 2.05) is 28.8 Å². The molecule has 0 spiro atoms. The third-order valence-electron chi connectivity index (χ3n) is 2.93. The highest BCUT2D eigenvalue weighted by molar-refractivity contribution is 9.10. The lowest BCUT2D eigenvalue weighted by Crippen LogP contribution is -2.41. The van der Waals surface area contributed by atoms with Crippen LogP contribution in [-0.2, 0) is 0 Å². The summed E-state index contributed by atoms with van der Waals surface area (Å²) in [6, 6.07) is 5.49. The van der Waals surface area contributed by atoms with Gasteiger partial charge in [-0.05, 0) is 34.1 Å². The molecule has 1 saturated heterocycles. The van der Waals surface area contributed by atoms with Crippen molar-refractivity contribution in [2.45, 2.75) is 12.2 Å². The van der Waals surface area contributed by atoms with Crippen LogP contribution in [0.5, 0.6) is 5.75 Å². The van der Waals surface area contributed by atoms with Crippen LogP contribution in [0.1, 0.15) is 17.3 Å². The maximum atomic E-state index is 12.5. The quantitative estimate of drug-likeness (QED) is 0.835. The fourth-order valence-corrected chi connectivity index (χ4v) is 3.40. The average molecular weight is 330 g/mol. The molecule has 3 nitrogen and oxygen atoms in total. The number of nitrogens with zero attached hydrogens (tertiary/aromatic N) is 1. The minimum absolute atomic E-state index is 0.0768. The Kier molecular flexibility index (Phi) is 4.56. The minimum Gasteiger partial charge on any atom is -0.497 e. The molecule has 1 atom stereocenters. The number of hydrogen-bond acceptors (Lipinski definition) is 3. The maximum Gasteiger partial charge on any atom is 0.255 e. The standard InChI is InChI=1S/C13H16BrNO2S/c1-9-8-15(5-6-18-9)13(16)11-7-10(17-2)3-4-12(11)14/h3-4,7,9H,5-6,8H2,1-2H3. The molecular weight excluding hydrogens is 314 g/mol. The summed E-state index contributed by atoms with van der Waals surface area (Å²) in [6.07, 6.45) is 0. The largest absolute Gasteiger partial charge is 0.497 e. The second-order valence-electron chi connectivity index (χ2n) is 4.28. The molecule has 1 unspecified atom stereocenters. The van der Waals surface area contributed by atoms with E-state index in [9.17, 15) is 4.79 Å². The van der Waals surface area contributed by atoms with Gasteiger partial charge in [-0.2, -0.15) is 11.8 Å². The molecule has 0 aliphatic carbocycles. The van der Waals surface area contributed by atoms with Gasteiger partial charge < -0.3 is 9.64 Å². The van der Waals surface area contributed by atoms with Crippen molar-refractivity contribution in [1.29, 1.82) is 0 Å². The monoisotopic (exact) mass is 329 g/mol. The van der Waals surface area contributed by atoms with Gasteiger partial charge in [-0.3, -0.25) is 4.79 Å². The van der Waals surface area contributed by atoms with Crippen LogP contribution in [0.4, 0.5) is 0 Å². The number of carbonyl (C=O) groups excluding carboxylic acids is 1. The summed E-state index contributed by atoms with van der Waals surface area (Å²) in [5.74, 6) is 1.79. The van der Waals surface area contributed by atoms with Gasteiger partial charge in [-0.1, -0.05) is 6.92 Å². The summed E-state index contributed by atoms with van der Waals surface area (Å²) in [5.41, 5.74) is 0.674. The molecule has 98 valence electrons. The Morgan fingerprint density at radius 3 is 3.00 bits per heavy atom. The third kappa shape index (κ3) is 3.01. The first kappa shape index (κ1) is 13.7. The van der Waals surface area contributed by atoms with Gasteiger partial charge in [0.2, 0.25) is 0 Å². The zero-order chi connectivity index (χ0) is 13.1. The molecule has 1 fully saturated rings. The van der Waals surface area contributed by atoms with Crippen LogP contribution in [-0.4, -0.2) is 42.0 Å². The van der Waals surface area contributed by atoms with E-state index in [0.717, 1.165) is 23.3 Å². The first-order valence-corrected chi connectivity index (χ1v) is 7.70. The Morgan fingerprint density at radius 2 is 2.33 bits per heavy atom. The van der Waals surface area contributed by atoms with E-state index in [1.54, 1.807) is 13.2 Å². The van der Waals surface area contributed by atoms with Crippen LogP contribution in [0.15, 0.2) is 22.7 Å². The average Bonchev–Trinajstić information content (AvgIpc) is 2.38. The Balaban J connectivity index is 2.22. The van der Waals surface area contributed by atoms with E-state index in [0.29, 0.717) is 16.6 Å². The SMILES string of the molecule is COc1ccc(Br)c(C(=O)N2CCSC(C)C2)c1. The van der Waals surface area contributed by atoms with Gasteiger partial charge in [-0.25, -0.2) is 0 Å². The molecule has 18 heavy (non-hydrogen) atoms. The van der Waals surface area contributed by atoms with Crippen molar-refractivity contribution in [1.82, 2.24) is 4.90 Å². The number of halogens is 1. The first-order chi connectivity index (χ1) is 8.61. The zero-order valence-corrected chi connectivity index (χ0v) is 12.9. The highest BCUT2D eigenvalue weighted by atomic mass is 79.9. The Morgan fingerprint density at radius 1 is 1.56 bits per heavy atom. The molecule has 0 bridgehead atoms. The van der Waals surface area contributed by atoms with Gasteiger partial charge in [0.15, 0.2) is 0 Å². The molecule has 1 aliphatic rings. The van der Waals surface area contributed by atoms with Crippen LogP contribution < -0.4 is 4.74 Å². The van der Waals surface area contributed by atoms with E-state index >= 15 is 0 Å². The predicted octanol–water partition coefficient (Wildman–Crippen LogP) is 3.04. The Bertz CT molecular complexity index is 453. The van der Waals surface area contributed by atoms with Crippen molar-refractivity contribution in [2.75, 3.05) is 26.0 Å². The molecule has 1 aromatic carbocycles. The van der Waals surface area contributed by atoms with E-state index in [1.165, 1.54) is 0 Å². The lowest BCUT2D eigenvalue weighted by atomic mass is 10.2. The maximum absolute atomic E-state index is 12.5. The van der Waals surface area contributed by atoms with Gasteiger partial charge in [0, 0.05) is 28.6 Å². The van der Waals surface area contributed by atoms with Gasteiger partial charge in [-0.15, -0.1) is 0 Å². The van der Waals surface area contributed by atoms with Crippen LogP contribution in [0.2, 0.25) is 0 Å². The van der Waals surface area contributed by atoms with E-state index < -0.39 is 0 Å². The summed E-state index contributed by atoms with van der Waals surface area (Å²) in [5, 5.41) is 0.507. The molecule has 0 N–H and O–H groups in total. The first-order valence-electron chi connectivity index (χ1n) is 5.86. The summed E-state index contributed by atoms with van der Waals surface area (Å²) < 4.78 is 5.99. The molecule has 1 aromatic rings. The smallest absolute Gasteiger partial charge is 0.255 e. The van der Waals surface area contributed by atoms with Crippen LogP contribution in [0, 0.1) is 0 Å². The number of benzene rings is 1. The van der Waals surface area contributed by atoms with Crippen LogP contribution in [0.25, 0.3) is 0 Å². The molecule has 1 aliphatic heterocycles. The molecule has 0 aromatic heterocycles. The van der Waals surface area contributed by atoms with Gasteiger partial charge in [0.05, 0.1) is 12.7 Å². The summed E-state index contributed by atoms with van der Waals surface area (Å²) in [6.45, 7) is 3.79. The molecule has 1 heterocycles. The number of ether oxygens (including phenoxy) is 1. The van der Waals surface area contributed by atoms with Crippen molar-refractivity contribution >= 4 is 33.6 Å². The van der Waals surface area contributed by atoms with E-state index in [-0.39, 0.29) is 5.91 Å². The fourth-order valence-electron chi connectivity index (χ4n) is 1.97. The number of methoxy groups -OCH3 is 1. The number of rotatable bonds is 2. The molecule has 0 saturated carbocycles. The van der Waals surface area contributed by atoms with E-state index in [2.05, 4.69) is 22.9 Å². The molecule has 5 heteroatoms. The fraction of sp³-hybridized carbons (Fsp3) is 0.462. The third-order valence-corrected chi connectivity index (χ3v) is 4.76. The van der Waals surface area contributed by atoms with Gasteiger partial charge in [0.25, 0.3) is 5.91 Å². The number of thioether (sulfide) groups is 1. The Labute approximate surface area is 120 Å². The van der Waals surface area contributed by atoms with Crippen molar-refractivity contribution in [3.63, 3.8) is 0 Å². The summed E-state index contributed by atoms with van der Waals surface area (Å²) >= 11 is 5.35. The highest BCUT2D eigenvalue weighted by Crippen LogP contribution is 2.26. The predicted molar refractivity (Wildman–Crippen MR) is 78.5 cm³/mol.